The highest BCUT2D eigenvalue weighted by Gasteiger charge is 2.09. The average molecular weight is 288 g/mol. The molecule has 0 amide bonds. The topological polar surface area (TPSA) is 47.3 Å². The molecule has 0 spiro atoms. The number of benzene rings is 2. The minimum Gasteiger partial charge on any atom is -0.489 e. The molecule has 1 atom stereocenters. The van der Waals surface area contributed by atoms with Gasteiger partial charge >= 0.3 is 0 Å². The van der Waals surface area contributed by atoms with E-state index in [1.165, 1.54) is 12.1 Å². The molecule has 112 valence electrons. The summed E-state index contributed by atoms with van der Waals surface area (Å²) in [5, 5.41) is 3.32. The lowest BCUT2D eigenvalue weighted by Gasteiger charge is -2.18. The molecule has 1 unspecified atom stereocenters. The summed E-state index contributed by atoms with van der Waals surface area (Å²) in [7, 11) is 0. The zero-order valence-electron chi connectivity index (χ0n) is 12.6. The smallest absolute Gasteiger partial charge is 0.144 e. The van der Waals surface area contributed by atoms with Crippen molar-refractivity contribution in [3.05, 3.63) is 53.8 Å². The van der Waals surface area contributed by atoms with E-state index in [4.69, 9.17) is 10.5 Å². The van der Waals surface area contributed by atoms with Crippen molar-refractivity contribution < 1.29 is 9.13 Å². The van der Waals surface area contributed by atoms with Gasteiger partial charge in [0.15, 0.2) is 0 Å². The summed E-state index contributed by atoms with van der Waals surface area (Å²) < 4.78 is 18.9. The van der Waals surface area contributed by atoms with Crippen LogP contribution in [0.25, 0.3) is 0 Å². The Morgan fingerprint density at radius 3 is 2.52 bits per heavy atom. The van der Waals surface area contributed by atoms with Gasteiger partial charge in [-0.1, -0.05) is 12.1 Å². The summed E-state index contributed by atoms with van der Waals surface area (Å²) in [4.78, 5) is 0. The van der Waals surface area contributed by atoms with E-state index in [1.54, 1.807) is 12.1 Å². The fraction of sp³-hybridized carbons (Fsp3) is 0.294. The summed E-state index contributed by atoms with van der Waals surface area (Å²) in [5.41, 5.74) is 8.27. The molecule has 21 heavy (non-hydrogen) atoms. The van der Waals surface area contributed by atoms with Gasteiger partial charge < -0.3 is 15.8 Å². The van der Waals surface area contributed by atoms with Crippen LogP contribution in [0, 0.1) is 5.82 Å². The van der Waals surface area contributed by atoms with E-state index in [9.17, 15) is 4.39 Å². The quantitative estimate of drug-likeness (QED) is 0.803. The van der Waals surface area contributed by atoms with Gasteiger partial charge in [-0.05, 0) is 50.6 Å². The van der Waals surface area contributed by atoms with Crippen LogP contribution in [-0.4, -0.2) is 6.10 Å². The summed E-state index contributed by atoms with van der Waals surface area (Å²) in [5.74, 6) is 0.420. The van der Waals surface area contributed by atoms with Crippen molar-refractivity contribution in [1.82, 2.24) is 0 Å². The predicted octanol–water partition coefficient (Wildman–Crippen LogP) is 4.37. The number of ether oxygens (including phenoxy) is 1. The lowest BCUT2D eigenvalue weighted by atomic mass is 10.1. The monoisotopic (exact) mass is 288 g/mol. The van der Waals surface area contributed by atoms with Crippen molar-refractivity contribution in [2.75, 3.05) is 11.1 Å². The lowest BCUT2D eigenvalue weighted by molar-refractivity contribution is 0.244. The van der Waals surface area contributed by atoms with Gasteiger partial charge in [0.2, 0.25) is 0 Å². The number of nitrogen functional groups attached to an aromatic ring is 1. The molecule has 2 aromatic rings. The van der Waals surface area contributed by atoms with E-state index in [0.717, 1.165) is 11.3 Å². The van der Waals surface area contributed by atoms with Gasteiger partial charge in [0, 0.05) is 17.8 Å². The SMILES string of the molecule is CC(C)Oc1cc(NC(C)c2cccc(F)c2)ccc1N. The molecule has 3 nitrogen and oxygen atoms in total. The van der Waals surface area contributed by atoms with Crippen molar-refractivity contribution in [3.63, 3.8) is 0 Å². The second kappa shape index (κ2) is 6.48. The Kier molecular flexibility index (Phi) is 4.68. The zero-order chi connectivity index (χ0) is 15.4. The second-order valence-electron chi connectivity index (χ2n) is 5.34. The van der Waals surface area contributed by atoms with Gasteiger partial charge in [-0.3, -0.25) is 0 Å². The first-order valence-corrected chi connectivity index (χ1v) is 7.04. The Morgan fingerprint density at radius 2 is 1.86 bits per heavy atom. The van der Waals surface area contributed by atoms with E-state index in [1.807, 2.05) is 39.0 Å². The van der Waals surface area contributed by atoms with Crippen LogP contribution in [0.4, 0.5) is 15.8 Å². The Balaban J connectivity index is 2.15. The molecule has 4 heteroatoms. The first-order valence-electron chi connectivity index (χ1n) is 7.04. The highest BCUT2D eigenvalue weighted by atomic mass is 19.1. The van der Waals surface area contributed by atoms with Gasteiger partial charge in [0.1, 0.15) is 11.6 Å². The van der Waals surface area contributed by atoms with Crippen LogP contribution in [0.15, 0.2) is 42.5 Å². The molecule has 0 aromatic heterocycles. The Labute approximate surface area is 124 Å². The minimum atomic E-state index is -0.234. The van der Waals surface area contributed by atoms with E-state index >= 15 is 0 Å². The van der Waals surface area contributed by atoms with Crippen molar-refractivity contribution in [2.45, 2.75) is 32.9 Å². The number of rotatable bonds is 5. The Morgan fingerprint density at radius 1 is 1.10 bits per heavy atom. The fourth-order valence-corrected chi connectivity index (χ4v) is 2.09. The molecule has 0 heterocycles. The molecule has 0 aliphatic rings. The van der Waals surface area contributed by atoms with Crippen molar-refractivity contribution in [1.29, 1.82) is 0 Å². The zero-order valence-corrected chi connectivity index (χ0v) is 12.6. The first kappa shape index (κ1) is 15.2. The predicted molar refractivity (Wildman–Crippen MR) is 85.1 cm³/mol. The molecule has 2 rings (SSSR count). The fourth-order valence-electron chi connectivity index (χ4n) is 2.09. The van der Waals surface area contributed by atoms with Crippen LogP contribution in [0.2, 0.25) is 0 Å². The van der Waals surface area contributed by atoms with Crippen LogP contribution < -0.4 is 15.8 Å². The molecule has 0 fully saturated rings. The molecular weight excluding hydrogens is 267 g/mol. The Bertz CT molecular complexity index is 613. The summed E-state index contributed by atoms with van der Waals surface area (Å²) in [6.45, 7) is 5.89. The molecule has 3 N–H and O–H groups in total. The van der Waals surface area contributed by atoms with Gasteiger partial charge in [-0.25, -0.2) is 4.39 Å². The number of nitrogens with two attached hydrogens (primary N) is 1. The number of hydrogen-bond donors (Lipinski definition) is 2. The maximum Gasteiger partial charge on any atom is 0.144 e. The van der Waals surface area contributed by atoms with Gasteiger partial charge in [-0.2, -0.15) is 0 Å². The van der Waals surface area contributed by atoms with E-state index in [-0.39, 0.29) is 18.0 Å². The van der Waals surface area contributed by atoms with Crippen molar-refractivity contribution in [2.24, 2.45) is 0 Å². The Hall–Kier alpha value is -2.23. The highest BCUT2D eigenvalue weighted by molar-refractivity contribution is 5.61. The minimum absolute atomic E-state index is 0.0174. The molecule has 0 aliphatic heterocycles. The molecule has 0 aliphatic carbocycles. The van der Waals surface area contributed by atoms with E-state index in [0.29, 0.717) is 11.4 Å². The van der Waals surface area contributed by atoms with Crippen molar-refractivity contribution >= 4 is 11.4 Å². The standard InChI is InChI=1S/C17H21FN2O/c1-11(2)21-17-10-15(7-8-16(17)19)20-12(3)13-5-4-6-14(18)9-13/h4-12,20H,19H2,1-3H3. The summed E-state index contributed by atoms with van der Waals surface area (Å²) in [6, 6.07) is 12.1. The van der Waals surface area contributed by atoms with Crippen LogP contribution >= 0.6 is 0 Å². The van der Waals surface area contributed by atoms with Crippen LogP contribution in [0.3, 0.4) is 0 Å². The third-order valence-electron chi connectivity index (χ3n) is 3.11. The number of anilines is 2. The van der Waals surface area contributed by atoms with Gasteiger partial charge in [-0.15, -0.1) is 0 Å². The van der Waals surface area contributed by atoms with Crippen molar-refractivity contribution in [3.8, 4) is 5.75 Å². The molecule has 0 bridgehead atoms. The molecule has 2 aromatic carbocycles. The average Bonchev–Trinajstić information content (AvgIpc) is 2.42. The number of nitrogens with one attached hydrogen (secondary N) is 1. The molecular formula is C17H21FN2O. The normalized spacial score (nSPS) is 12.2. The maximum atomic E-state index is 13.3. The molecule has 0 saturated heterocycles. The van der Waals surface area contributed by atoms with Gasteiger partial charge in [0.25, 0.3) is 0 Å². The van der Waals surface area contributed by atoms with Gasteiger partial charge in [0.05, 0.1) is 11.8 Å². The summed E-state index contributed by atoms with van der Waals surface area (Å²) >= 11 is 0. The third kappa shape index (κ3) is 4.12. The van der Waals surface area contributed by atoms with E-state index in [2.05, 4.69) is 5.32 Å². The third-order valence-corrected chi connectivity index (χ3v) is 3.11. The van der Waals surface area contributed by atoms with E-state index < -0.39 is 0 Å². The van der Waals surface area contributed by atoms with Crippen LogP contribution in [0.5, 0.6) is 5.75 Å². The van der Waals surface area contributed by atoms with Crippen LogP contribution in [0.1, 0.15) is 32.4 Å². The lowest BCUT2D eigenvalue weighted by Crippen LogP contribution is -2.10. The summed E-state index contributed by atoms with van der Waals surface area (Å²) in [6.07, 6.45) is 0.0585. The molecule has 0 saturated carbocycles. The number of halogens is 1. The number of hydrogen-bond acceptors (Lipinski definition) is 3. The maximum absolute atomic E-state index is 13.3. The molecule has 0 radical (unpaired) electrons. The largest absolute Gasteiger partial charge is 0.489 e. The highest BCUT2D eigenvalue weighted by Crippen LogP contribution is 2.28. The first-order chi connectivity index (χ1) is 9.95. The second-order valence-corrected chi connectivity index (χ2v) is 5.34. The van der Waals surface area contributed by atoms with Crippen LogP contribution in [-0.2, 0) is 0 Å².